The van der Waals surface area contributed by atoms with Gasteiger partial charge in [0.15, 0.2) is 5.96 Å². The Balaban J connectivity index is 2.15. The standard InChI is InChI=1S/C20H22N6O3/c1-29-16-8-4-14(5-9-16)18(27)26-17(19(28)24-11-10-21)12-13-2-6-15(7-3-13)25-20(22)23/h2-9,17H,11-12H2,1H3,(H,24,28)(H,26,27)(H4,22,23,25)/t17-/m0/s1. The number of hydrogen-bond donors (Lipinski definition) is 4. The van der Waals surface area contributed by atoms with Crippen LogP contribution in [0.4, 0.5) is 5.69 Å². The first kappa shape index (κ1) is 21.2. The van der Waals surface area contributed by atoms with Gasteiger partial charge in [0.05, 0.1) is 18.9 Å². The number of benzene rings is 2. The lowest BCUT2D eigenvalue weighted by Gasteiger charge is -2.18. The Morgan fingerprint density at radius 3 is 2.34 bits per heavy atom. The van der Waals surface area contributed by atoms with Gasteiger partial charge in [-0.15, -0.1) is 0 Å². The lowest BCUT2D eigenvalue weighted by atomic mass is 10.0. The molecule has 2 rings (SSSR count). The third-order valence-corrected chi connectivity index (χ3v) is 3.95. The van der Waals surface area contributed by atoms with E-state index in [0.29, 0.717) is 17.0 Å². The first-order valence-corrected chi connectivity index (χ1v) is 8.71. The molecule has 0 radical (unpaired) electrons. The van der Waals surface area contributed by atoms with E-state index in [1.807, 2.05) is 6.07 Å². The summed E-state index contributed by atoms with van der Waals surface area (Å²) in [6, 6.07) is 14.4. The van der Waals surface area contributed by atoms with Crippen LogP contribution in [0.25, 0.3) is 0 Å². The molecule has 29 heavy (non-hydrogen) atoms. The summed E-state index contributed by atoms with van der Waals surface area (Å²) in [6.07, 6.45) is 0.223. The largest absolute Gasteiger partial charge is 0.497 e. The summed E-state index contributed by atoms with van der Waals surface area (Å²) < 4.78 is 5.07. The van der Waals surface area contributed by atoms with Crippen molar-refractivity contribution in [2.24, 2.45) is 16.5 Å². The van der Waals surface area contributed by atoms with Gasteiger partial charge in [0, 0.05) is 12.0 Å². The number of hydrogen-bond acceptors (Lipinski definition) is 5. The molecule has 9 heteroatoms. The number of aliphatic imine (C=N–C) groups is 1. The molecule has 0 bridgehead atoms. The number of guanidine groups is 1. The molecule has 9 nitrogen and oxygen atoms in total. The minimum atomic E-state index is -0.869. The summed E-state index contributed by atoms with van der Waals surface area (Å²) in [5.41, 5.74) is 12.4. The minimum Gasteiger partial charge on any atom is -0.497 e. The van der Waals surface area contributed by atoms with Crippen LogP contribution in [-0.2, 0) is 11.2 Å². The number of nitriles is 1. The third-order valence-electron chi connectivity index (χ3n) is 3.95. The van der Waals surface area contributed by atoms with Gasteiger partial charge in [0.1, 0.15) is 18.3 Å². The molecule has 0 saturated heterocycles. The van der Waals surface area contributed by atoms with Crippen molar-refractivity contribution in [3.05, 3.63) is 59.7 Å². The number of carbonyl (C=O) groups excluding carboxylic acids is 2. The highest BCUT2D eigenvalue weighted by molar-refractivity contribution is 5.97. The normalized spacial score (nSPS) is 10.9. The molecule has 0 aromatic heterocycles. The number of nitrogens with one attached hydrogen (secondary N) is 2. The molecule has 2 aromatic carbocycles. The van der Waals surface area contributed by atoms with Crippen molar-refractivity contribution < 1.29 is 14.3 Å². The van der Waals surface area contributed by atoms with E-state index < -0.39 is 17.9 Å². The molecule has 0 unspecified atom stereocenters. The van der Waals surface area contributed by atoms with Crippen LogP contribution in [0, 0.1) is 11.3 Å². The molecular weight excluding hydrogens is 372 g/mol. The van der Waals surface area contributed by atoms with Gasteiger partial charge in [-0.05, 0) is 42.0 Å². The molecule has 0 aliphatic heterocycles. The van der Waals surface area contributed by atoms with Crippen molar-refractivity contribution in [1.82, 2.24) is 10.6 Å². The van der Waals surface area contributed by atoms with Crippen molar-refractivity contribution in [2.45, 2.75) is 12.5 Å². The zero-order chi connectivity index (χ0) is 21.2. The third kappa shape index (κ3) is 6.55. The number of nitrogens with zero attached hydrogens (tertiary/aromatic N) is 2. The average Bonchev–Trinajstić information content (AvgIpc) is 2.72. The molecule has 0 spiro atoms. The monoisotopic (exact) mass is 394 g/mol. The summed E-state index contributed by atoms with van der Waals surface area (Å²) in [7, 11) is 1.53. The predicted octanol–water partition coefficient (Wildman–Crippen LogP) is 0.581. The number of ether oxygens (including phenoxy) is 1. The van der Waals surface area contributed by atoms with Crippen LogP contribution in [0.1, 0.15) is 15.9 Å². The van der Waals surface area contributed by atoms with E-state index in [9.17, 15) is 9.59 Å². The zero-order valence-electron chi connectivity index (χ0n) is 15.9. The lowest BCUT2D eigenvalue weighted by Crippen LogP contribution is -2.48. The first-order chi connectivity index (χ1) is 13.9. The van der Waals surface area contributed by atoms with Crippen LogP contribution in [0.15, 0.2) is 53.5 Å². The van der Waals surface area contributed by atoms with Gasteiger partial charge in [-0.2, -0.15) is 5.26 Å². The van der Waals surface area contributed by atoms with E-state index in [-0.39, 0.29) is 18.9 Å². The molecule has 6 N–H and O–H groups in total. The predicted molar refractivity (Wildman–Crippen MR) is 108 cm³/mol. The van der Waals surface area contributed by atoms with Crippen molar-refractivity contribution in [3.63, 3.8) is 0 Å². The number of amides is 2. The number of nitrogens with two attached hydrogens (primary N) is 2. The SMILES string of the molecule is COc1ccc(C(=O)N[C@@H](Cc2ccc(N=C(N)N)cc2)C(=O)NCC#N)cc1. The second-order valence-corrected chi connectivity index (χ2v) is 6.04. The second-order valence-electron chi connectivity index (χ2n) is 6.04. The number of methoxy groups -OCH3 is 1. The van der Waals surface area contributed by atoms with Crippen molar-refractivity contribution in [2.75, 3.05) is 13.7 Å². The molecule has 0 aliphatic rings. The molecular formula is C20H22N6O3. The van der Waals surface area contributed by atoms with E-state index in [2.05, 4.69) is 15.6 Å². The average molecular weight is 394 g/mol. The fourth-order valence-corrected chi connectivity index (χ4v) is 2.53. The van der Waals surface area contributed by atoms with E-state index in [0.717, 1.165) is 5.56 Å². The second kappa shape index (κ2) is 10.3. The summed E-state index contributed by atoms with van der Waals surface area (Å²) in [5, 5.41) is 13.9. The van der Waals surface area contributed by atoms with Crippen LogP contribution in [0.2, 0.25) is 0 Å². The Kier molecular flexibility index (Phi) is 7.56. The van der Waals surface area contributed by atoms with E-state index in [4.69, 9.17) is 21.5 Å². The first-order valence-electron chi connectivity index (χ1n) is 8.71. The van der Waals surface area contributed by atoms with E-state index in [1.54, 1.807) is 48.5 Å². The van der Waals surface area contributed by atoms with Crippen LogP contribution in [0.3, 0.4) is 0 Å². The fourth-order valence-electron chi connectivity index (χ4n) is 2.53. The van der Waals surface area contributed by atoms with Gasteiger partial charge in [-0.1, -0.05) is 12.1 Å². The van der Waals surface area contributed by atoms with Crippen LogP contribution >= 0.6 is 0 Å². The van der Waals surface area contributed by atoms with E-state index in [1.165, 1.54) is 7.11 Å². The van der Waals surface area contributed by atoms with Gasteiger partial charge >= 0.3 is 0 Å². The van der Waals surface area contributed by atoms with Gasteiger partial charge < -0.3 is 26.8 Å². The Bertz CT molecular complexity index is 913. The highest BCUT2D eigenvalue weighted by atomic mass is 16.5. The Labute approximate surface area is 168 Å². The molecule has 1 atom stereocenters. The number of carbonyl (C=O) groups is 2. The molecule has 0 saturated carbocycles. The summed E-state index contributed by atoms with van der Waals surface area (Å²) in [6.45, 7) is -0.156. The van der Waals surface area contributed by atoms with Crippen molar-refractivity contribution >= 4 is 23.5 Å². The maximum Gasteiger partial charge on any atom is 0.251 e. The Morgan fingerprint density at radius 2 is 1.79 bits per heavy atom. The minimum absolute atomic E-state index is 0.0572. The van der Waals surface area contributed by atoms with Gasteiger partial charge in [0.25, 0.3) is 5.91 Å². The topological polar surface area (TPSA) is 156 Å². The smallest absolute Gasteiger partial charge is 0.251 e. The molecule has 0 fully saturated rings. The highest BCUT2D eigenvalue weighted by Gasteiger charge is 2.22. The Hall–Kier alpha value is -4.06. The summed E-state index contributed by atoms with van der Waals surface area (Å²) in [4.78, 5) is 28.9. The molecule has 0 heterocycles. The van der Waals surface area contributed by atoms with Gasteiger partial charge in [-0.3, -0.25) is 9.59 Å². The Morgan fingerprint density at radius 1 is 1.14 bits per heavy atom. The molecule has 0 aliphatic carbocycles. The van der Waals surface area contributed by atoms with Crippen molar-refractivity contribution in [3.8, 4) is 11.8 Å². The summed E-state index contributed by atoms with van der Waals surface area (Å²) in [5.74, 6) is -0.312. The lowest BCUT2D eigenvalue weighted by molar-refractivity contribution is -0.122. The highest BCUT2D eigenvalue weighted by Crippen LogP contribution is 2.15. The molecule has 2 aromatic rings. The summed E-state index contributed by atoms with van der Waals surface area (Å²) >= 11 is 0. The zero-order valence-corrected chi connectivity index (χ0v) is 15.9. The maximum atomic E-state index is 12.6. The van der Waals surface area contributed by atoms with Crippen LogP contribution in [0.5, 0.6) is 5.75 Å². The number of rotatable bonds is 8. The van der Waals surface area contributed by atoms with Gasteiger partial charge in [-0.25, -0.2) is 4.99 Å². The van der Waals surface area contributed by atoms with Crippen LogP contribution < -0.4 is 26.8 Å². The maximum absolute atomic E-state index is 12.6. The fraction of sp³-hybridized carbons (Fsp3) is 0.200. The van der Waals surface area contributed by atoms with Crippen LogP contribution in [-0.4, -0.2) is 37.5 Å². The molecule has 2 amide bonds. The van der Waals surface area contributed by atoms with Gasteiger partial charge in [0.2, 0.25) is 5.91 Å². The quantitative estimate of drug-likeness (QED) is 0.291. The van der Waals surface area contributed by atoms with E-state index >= 15 is 0 Å². The van der Waals surface area contributed by atoms with Crippen molar-refractivity contribution in [1.29, 1.82) is 5.26 Å². The molecule has 150 valence electrons.